The minimum atomic E-state index is 0.741. The first-order chi connectivity index (χ1) is 5.72. The minimum Gasteiger partial charge on any atom is -0.271 e. The molecule has 0 spiro atoms. The summed E-state index contributed by atoms with van der Waals surface area (Å²) in [6.45, 7) is 5.55. The number of halogens is 1. The van der Waals surface area contributed by atoms with E-state index in [1.807, 2.05) is 10.9 Å². The van der Waals surface area contributed by atoms with E-state index in [-0.39, 0.29) is 0 Å². The highest BCUT2D eigenvalue weighted by Crippen LogP contribution is 2.09. The van der Waals surface area contributed by atoms with Crippen molar-refractivity contribution in [2.45, 2.75) is 33.2 Å². The van der Waals surface area contributed by atoms with Gasteiger partial charge in [-0.15, -0.1) is 0 Å². The zero-order valence-corrected chi connectivity index (χ0v) is 9.78. The summed E-state index contributed by atoms with van der Waals surface area (Å²) in [4.78, 5) is 0. The molecule has 0 aliphatic heterocycles. The maximum atomic E-state index is 4.25. The van der Waals surface area contributed by atoms with Crippen LogP contribution in [-0.4, -0.2) is 9.78 Å². The smallest absolute Gasteiger partial charge is 0.0623 e. The number of rotatable bonds is 4. The van der Waals surface area contributed by atoms with Crippen LogP contribution < -0.4 is 0 Å². The summed E-state index contributed by atoms with van der Waals surface area (Å²) < 4.78 is 3.25. The average Bonchev–Trinajstić information content (AvgIpc) is 2.36. The molecule has 1 heterocycles. The van der Waals surface area contributed by atoms with Crippen LogP contribution in [0.1, 0.15) is 26.7 Å². The normalized spacial score (nSPS) is 13.2. The van der Waals surface area contributed by atoms with Gasteiger partial charge in [0.15, 0.2) is 0 Å². The van der Waals surface area contributed by atoms with Crippen molar-refractivity contribution in [3.8, 4) is 0 Å². The van der Waals surface area contributed by atoms with E-state index in [0.29, 0.717) is 0 Å². The number of aromatic nitrogens is 2. The number of hydrogen-bond acceptors (Lipinski definition) is 1. The first kappa shape index (κ1) is 10.0. The van der Waals surface area contributed by atoms with E-state index in [1.165, 1.54) is 16.4 Å². The molecule has 0 N–H and O–H groups in total. The van der Waals surface area contributed by atoms with Crippen LogP contribution in [0.15, 0.2) is 12.4 Å². The van der Waals surface area contributed by atoms with Crippen LogP contribution in [0.5, 0.6) is 0 Å². The second-order valence-electron chi connectivity index (χ2n) is 3.27. The summed E-state index contributed by atoms with van der Waals surface area (Å²) in [5, 5.41) is 4.25. The maximum absolute atomic E-state index is 4.25. The molecule has 0 aliphatic carbocycles. The summed E-state index contributed by atoms with van der Waals surface area (Å²) in [5.41, 5.74) is 0. The van der Waals surface area contributed by atoms with E-state index in [9.17, 15) is 0 Å². The quantitative estimate of drug-likeness (QED) is 0.774. The van der Waals surface area contributed by atoms with Gasteiger partial charge in [-0.05, 0) is 34.9 Å². The molecule has 0 aliphatic rings. The summed E-state index contributed by atoms with van der Waals surface area (Å²) >= 11 is 2.29. The molecule has 1 atom stereocenters. The summed E-state index contributed by atoms with van der Waals surface area (Å²) in [7, 11) is 0. The Bertz CT molecular complexity index is 232. The van der Waals surface area contributed by atoms with Crippen molar-refractivity contribution in [3.63, 3.8) is 0 Å². The molecular formula is C9H15IN2. The van der Waals surface area contributed by atoms with Crippen LogP contribution in [0.3, 0.4) is 0 Å². The fourth-order valence-corrected chi connectivity index (χ4v) is 1.79. The van der Waals surface area contributed by atoms with E-state index in [1.54, 1.807) is 0 Å². The van der Waals surface area contributed by atoms with Gasteiger partial charge in [0, 0.05) is 12.7 Å². The van der Waals surface area contributed by atoms with Gasteiger partial charge in [-0.2, -0.15) is 5.10 Å². The van der Waals surface area contributed by atoms with Crippen LogP contribution in [-0.2, 0) is 6.54 Å². The van der Waals surface area contributed by atoms with Crippen molar-refractivity contribution in [1.29, 1.82) is 0 Å². The maximum Gasteiger partial charge on any atom is 0.0623 e. The van der Waals surface area contributed by atoms with E-state index in [0.717, 1.165) is 12.5 Å². The van der Waals surface area contributed by atoms with E-state index < -0.39 is 0 Å². The van der Waals surface area contributed by atoms with Crippen molar-refractivity contribution in [2.75, 3.05) is 0 Å². The Morgan fingerprint density at radius 1 is 1.67 bits per heavy atom. The van der Waals surface area contributed by atoms with Crippen molar-refractivity contribution in [1.82, 2.24) is 9.78 Å². The lowest BCUT2D eigenvalue weighted by molar-refractivity contribution is 0.420. The van der Waals surface area contributed by atoms with Crippen molar-refractivity contribution in [3.05, 3.63) is 16.0 Å². The van der Waals surface area contributed by atoms with Gasteiger partial charge in [-0.25, -0.2) is 0 Å². The molecule has 12 heavy (non-hydrogen) atoms. The summed E-state index contributed by atoms with van der Waals surface area (Å²) in [6, 6.07) is 0. The molecule has 0 amide bonds. The largest absolute Gasteiger partial charge is 0.271 e. The number of nitrogens with zero attached hydrogens (tertiary/aromatic N) is 2. The standard InChI is InChI=1S/C9H15IN2/c1-3-4-8(2)6-12-7-9(10)5-11-12/h5,7-8H,3-4,6H2,1-2H3. The molecule has 0 bridgehead atoms. The topological polar surface area (TPSA) is 17.8 Å². The lowest BCUT2D eigenvalue weighted by atomic mass is 10.1. The fraction of sp³-hybridized carbons (Fsp3) is 0.667. The molecule has 1 aromatic heterocycles. The molecule has 3 heteroatoms. The zero-order valence-electron chi connectivity index (χ0n) is 7.63. The van der Waals surface area contributed by atoms with Gasteiger partial charge in [0.1, 0.15) is 0 Å². The van der Waals surface area contributed by atoms with E-state index >= 15 is 0 Å². The molecule has 0 aromatic carbocycles. The SMILES string of the molecule is CCCC(C)Cn1cc(I)cn1. The predicted molar refractivity (Wildman–Crippen MR) is 59.0 cm³/mol. The van der Waals surface area contributed by atoms with E-state index in [2.05, 4.69) is 47.7 Å². The highest BCUT2D eigenvalue weighted by atomic mass is 127. The Kier molecular flexibility index (Phi) is 4.05. The van der Waals surface area contributed by atoms with Gasteiger partial charge in [0.05, 0.1) is 9.77 Å². The molecule has 68 valence electrons. The third kappa shape index (κ3) is 3.13. The molecule has 1 aromatic rings. The second-order valence-corrected chi connectivity index (χ2v) is 4.52. The Hall–Kier alpha value is -0.0600. The molecule has 2 nitrogen and oxygen atoms in total. The molecule has 0 saturated heterocycles. The van der Waals surface area contributed by atoms with Crippen molar-refractivity contribution >= 4 is 22.6 Å². The van der Waals surface area contributed by atoms with Gasteiger partial charge >= 0.3 is 0 Å². The molecular weight excluding hydrogens is 263 g/mol. The predicted octanol–water partition coefficient (Wildman–Crippen LogP) is 2.92. The van der Waals surface area contributed by atoms with Crippen LogP contribution in [0, 0.1) is 9.49 Å². The Morgan fingerprint density at radius 3 is 2.92 bits per heavy atom. The van der Waals surface area contributed by atoms with Gasteiger partial charge < -0.3 is 0 Å². The molecule has 1 rings (SSSR count). The summed E-state index contributed by atoms with van der Waals surface area (Å²) in [6.07, 6.45) is 6.54. The molecule has 0 saturated carbocycles. The fourth-order valence-electron chi connectivity index (χ4n) is 1.34. The highest BCUT2D eigenvalue weighted by Gasteiger charge is 2.02. The van der Waals surface area contributed by atoms with Gasteiger partial charge in [0.2, 0.25) is 0 Å². The van der Waals surface area contributed by atoms with Crippen LogP contribution in [0.2, 0.25) is 0 Å². The van der Waals surface area contributed by atoms with Crippen LogP contribution in [0.4, 0.5) is 0 Å². The van der Waals surface area contributed by atoms with Gasteiger partial charge in [-0.1, -0.05) is 20.3 Å². The third-order valence-corrected chi connectivity index (χ3v) is 2.44. The van der Waals surface area contributed by atoms with Crippen molar-refractivity contribution < 1.29 is 0 Å². The van der Waals surface area contributed by atoms with Gasteiger partial charge in [0.25, 0.3) is 0 Å². The Balaban J connectivity index is 2.41. The molecule has 0 fully saturated rings. The second kappa shape index (κ2) is 4.84. The zero-order chi connectivity index (χ0) is 8.97. The third-order valence-electron chi connectivity index (χ3n) is 1.88. The molecule has 1 unspecified atom stereocenters. The van der Waals surface area contributed by atoms with E-state index in [4.69, 9.17) is 0 Å². The average molecular weight is 278 g/mol. The Labute approximate surface area is 87.5 Å². The Morgan fingerprint density at radius 2 is 2.42 bits per heavy atom. The minimum absolute atomic E-state index is 0.741. The first-order valence-electron chi connectivity index (χ1n) is 4.40. The van der Waals surface area contributed by atoms with Crippen LogP contribution >= 0.6 is 22.6 Å². The highest BCUT2D eigenvalue weighted by molar-refractivity contribution is 14.1. The monoisotopic (exact) mass is 278 g/mol. The van der Waals surface area contributed by atoms with Gasteiger partial charge in [-0.3, -0.25) is 4.68 Å². The van der Waals surface area contributed by atoms with Crippen molar-refractivity contribution in [2.24, 2.45) is 5.92 Å². The lowest BCUT2D eigenvalue weighted by Crippen LogP contribution is -2.07. The first-order valence-corrected chi connectivity index (χ1v) is 5.48. The molecule has 0 radical (unpaired) electrons. The van der Waals surface area contributed by atoms with Crippen LogP contribution in [0.25, 0.3) is 0 Å². The number of hydrogen-bond donors (Lipinski definition) is 0. The summed E-state index contributed by atoms with van der Waals surface area (Å²) in [5.74, 6) is 0.741. The lowest BCUT2D eigenvalue weighted by Gasteiger charge is -2.08.